The zero-order valence-corrected chi connectivity index (χ0v) is 17.4. The van der Waals surface area contributed by atoms with E-state index in [-0.39, 0.29) is 23.4 Å². The fourth-order valence-electron chi connectivity index (χ4n) is 4.20. The Morgan fingerprint density at radius 2 is 1.69 bits per heavy atom. The average molecular weight is 397 g/mol. The maximum Gasteiger partial charge on any atom is 0.322 e. The molecule has 0 aromatic heterocycles. The molecule has 154 valence electrons. The summed E-state index contributed by atoms with van der Waals surface area (Å²) in [5, 5.41) is 3.23. The number of amides is 2. The van der Waals surface area contributed by atoms with Crippen molar-refractivity contribution >= 4 is 23.1 Å². The van der Waals surface area contributed by atoms with Gasteiger partial charge in [-0.25, -0.2) is 9.18 Å². The fraction of sp³-hybridized carbons (Fsp3) is 0.435. The highest BCUT2D eigenvalue weighted by atomic mass is 19.1. The van der Waals surface area contributed by atoms with Gasteiger partial charge in [0, 0.05) is 43.4 Å². The number of anilines is 3. The first-order chi connectivity index (χ1) is 13.8. The number of rotatable bonds is 2. The first-order valence-corrected chi connectivity index (χ1v) is 10.3. The summed E-state index contributed by atoms with van der Waals surface area (Å²) in [6, 6.07) is 14.5. The number of urea groups is 1. The Bertz CT molecular complexity index is 877. The zero-order chi connectivity index (χ0) is 20.6. The molecule has 0 bridgehead atoms. The number of carbonyl (C=O) groups is 1. The largest absolute Gasteiger partial charge is 0.338 e. The van der Waals surface area contributed by atoms with Crippen molar-refractivity contribution in [3.05, 3.63) is 54.3 Å². The van der Waals surface area contributed by atoms with Crippen LogP contribution in [0.1, 0.15) is 27.2 Å². The van der Waals surface area contributed by atoms with Gasteiger partial charge in [0.05, 0.1) is 11.4 Å². The molecule has 1 N–H and O–H groups in total. The Hall–Kier alpha value is -2.60. The first-order valence-electron chi connectivity index (χ1n) is 10.3. The Morgan fingerprint density at radius 3 is 2.34 bits per heavy atom. The number of hydrogen-bond donors (Lipinski definition) is 1. The second-order valence-corrected chi connectivity index (χ2v) is 8.82. The van der Waals surface area contributed by atoms with Crippen molar-refractivity contribution in [3.63, 3.8) is 0 Å². The number of para-hydroxylation sites is 2. The van der Waals surface area contributed by atoms with Crippen LogP contribution in [0.25, 0.3) is 0 Å². The van der Waals surface area contributed by atoms with Gasteiger partial charge >= 0.3 is 6.03 Å². The molecule has 0 aliphatic carbocycles. The third-order valence-electron chi connectivity index (χ3n) is 5.86. The third kappa shape index (κ3) is 4.08. The standard InChI is InChI=1S/C23H29FN4O/c1-23(2,3)26-13-12-18(16-26)25-22(29)28-15-14-27(19-10-8-17(24)9-11-19)20-6-4-5-7-21(20)28/h4-11,18H,12-16H2,1-3H3,(H,25,29)/t18-/m0/s1. The molecule has 2 aromatic rings. The molecule has 1 atom stereocenters. The number of hydrogen-bond acceptors (Lipinski definition) is 3. The SMILES string of the molecule is CC(C)(C)N1CC[C@H](NC(=O)N2CCN(c3ccc(F)cc3)c3ccccc32)C1. The van der Waals surface area contributed by atoms with Gasteiger partial charge in [0.1, 0.15) is 5.82 Å². The number of likely N-dealkylation sites (tertiary alicyclic amines) is 1. The van der Waals surface area contributed by atoms with E-state index in [0.29, 0.717) is 13.1 Å². The lowest BCUT2D eigenvalue weighted by Crippen LogP contribution is -2.51. The molecule has 2 aromatic carbocycles. The predicted molar refractivity (Wildman–Crippen MR) is 115 cm³/mol. The first kappa shape index (κ1) is 19.7. The van der Waals surface area contributed by atoms with Gasteiger partial charge in [-0.05, 0) is 63.6 Å². The van der Waals surface area contributed by atoms with Crippen molar-refractivity contribution in [2.45, 2.75) is 38.8 Å². The van der Waals surface area contributed by atoms with E-state index in [9.17, 15) is 9.18 Å². The highest BCUT2D eigenvalue weighted by Crippen LogP contribution is 2.37. The third-order valence-corrected chi connectivity index (χ3v) is 5.86. The van der Waals surface area contributed by atoms with Gasteiger partial charge in [0.2, 0.25) is 0 Å². The van der Waals surface area contributed by atoms with Gasteiger partial charge in [-0.2, -0.15) is 0 Å². The molecule has 0 radical (unpaired) electrons. The molecule has 0 unspecified atom stereocenters. The van der Waals surface area contributed by atoms with Crippen LogP contribution in [0.3, 0.4) is 0 Å². The molecule has 29 heavy (non-hydrogen) atoms. The molecule has 5 nitrogen and oxygen atoms in total. The number of carbonyl (C=O) groups excluding carboxylic acids is 1. The van der Waals surface area contributed by atoms with Crippen LogP contribution in [0.2, 0.25) is 0 Å². The van der Waals surface area contributed by atoms with E-state index in [1.54, 1.807) is 12.1 Å². The average Bonchev–Trinajstić information content (AvgIpc) is 3.17. The van der Waals surface area contributed by atoms with E-state index in [4.69, 9.17) is 0 Å². The minimum Gasteiger partial charge on any atom is -0.338 e. The van der Waals surface area contributed by atoms with Crippen molar-refractivity contribution in [1.82, 2.24) is 10.2 Å². The number of nitrogens with one attached hydrogen (secondary N) is 1. The quantitative estimate of drug-likeness (QED) is 0.819. The van der Waals surface area contributed by atoms with Gasteiger partial charge in [0.15, 0.2) is 0 Å². The Labute approximate surface area is 172 Å². The van der Waals surface area contributed by atoms with E-state index in [1.807, 2.05) is 29.2 Å². The highest BCUT2D eigenvalue weighted by Gasteiger charge is 2.33. The minimum absolute atomic E-state index is 0.0445. The smallest absolute Gasteiger partial charge is 0.322 e. The van der Waals surface area contributed by atoms with Crippen LogP contribution in [0.5, 0.6) is 0 Å². The van der Waals surface area contributed by atoms with E-state index < -0.39 is 0 Å². The summed E-state index contributed by atoms with van der Waals surface area (Å²) in [5.41, 5.74) is 2.89. The maximum atomic E-state index is 13.3. The van der Waals surface area contributed by atoms with Gasteiger partial charge in [-0.15, -0.1) is 0 Å². The van der Waals surface area contributed by atoms with Crippen molar-refractivity contribution in [3.8, 4) is 0 Å². The van der Waals surface area contributed by atoms with E-state index in [0.717, 1.165) is 36.6 Å². The molecular weight excluding hydrogens is 367 g/mol. The van der Waals surface area contributed by atoms with Crippen molar-refractivity contribution < 1.29 is 9.18 Å². The van der Waals surface area contributed by atoms with Crippen LogP contribution in [-0.4, -0.2) is 48.7 Å². The van der Waals surface area contributed by atoms with Crippen LogP contribution in [0, 0.1) is 5.82 Å². The molecule has 2 heterocycles. The lowest BCUT2D eigenvalue weighted by atomic mass is 10.1. The van der Waals surface area contributed by atoms with Crippen LogP contribution < -0.4 is 15.1 Å². The van der Waals surface area contributed by atoms with Crippen LogP contribution in [-0.2, 0) is 0 Å². The summed E-state index contributed by atoms with van der Waals surface area (Å²) in [7, 11) is 0. The Morgan fingerprint density at radius 1 is 1.00 bits per heavy atom. The minimum atomic E-state index is -0.249. The van der Waals surface area contributed by atoms with E-state index in [1.165, 1.54) is 12.1 Å². The summed E-state index contributed by atoms with van der Waals surface area (Å²) < 4.78 is 13.3. The molecule has 2 aliphatic rings. The number of halogens is 1. The Kier molecular flexibility index (Phi) is 5.21. The molecular formula is C23H29FN4O. The molecule has 1 fully saturated rings. The topological polar surface area (TPSA) is 38.8 Å². The second kappa shape index (κ2) is 7.67. The van der Waals surface area contributed by atoms with Crippen molar-refractivity contribution in [1.29, 1.82) is 0 Å². The van der Waals surface area contributed by atoms with Crippen molar-refractivity contribution in [2.75, 3.05) is 36.0 Å². The van der Waals surface area contributed by atoms with Gasteiger partial charge in [0.25, 0.3) is 0 Å². The molecule has 4 rings (SSSR count). The molecule has 6 heteroatoms. The lowest BCUT2D eigenvalue weighted by molar-refractivity contribution is 0.170. The van der Waals surface area contributed by atoms with Gasteiger partial charge in [-0.3, -0.25) is 9.80 Å². The van der Waals surface area contributed by atoms with Gasteiger partial charge in [-0.1, -0.05) is 12.1 Å². The molecule has 2 aliphatic heterocycles. The second-order valence-electron chi connectivity index (χ2n) is 8.82. The summed E-state index contributed by atoms with van der Waals surface area (Å²) >= 11 is 0. The van der Waals surface area contributed by atoms with Crippen molar-refractivity contribution in [2.24, 2.45) is 0 Å². The Balaban J connectivity index is 1.51. The van der Waals surface area contributed by atoms with E-state index in [2.05, 4.69) is 35.9 Å². The zero-order valence-electron chi connectivity index (χ0n) is 17.4. The molecule has 1 saturated heterocycles. The maximum absolute atomic E-state index is 13.3. The predicted octanol–water partition coefficient (Wildman–Crippen LogP) is 4.37. The highest BCUT2D eigenvalue weighted by molar-refractivity contribution is 5.98. The summed E-state index contributed by atoms with van der Waals surface area (Å²) in [4.78, 5) is 19.5. The summed E-state index contributed by atoms with van der Waals surface area (Å²) in [6.07, 6.45) is 0.972. The molecule has 0 saturated carbocycles. The number of nitrogens with zero attached hydrogens (tertiary/aromatic N) is 3. The molecule has 0 spiro atoms. The number of benzene rings is 2. The monoisotopic (exact) mass is 396 g/mol. The lowest BCUT2D eigenvalue weighted by Gasteiger charge is -2.38. The number of fused-ring (bicyclic) bond motifs is 1. The van der Waals surface area contributed by atoms with Crippen LogP contribution >= 0.6 is 0 Å². The summed E-state index contributed by atoms with van der Waals surface area (Å²) in [6.45, 7) is 9.76. The van der Waals surface area contributed by atoms with Crippen LogP contribution in [0.4, 0.5) is 26.2 Å². The normalized spacial score (nSPS) is 19.9. The fourth-order valence-corrected chi connectivity index (χ4v) is 4.20. The van der Waals surface area contributed by atoms with E-state index >= 15 is 0 Å². The summed E-state index contributed by atoms with van der Waals surface area (Å²) in [5.74, 6) is -0.249. The van der Waals surface area contributed by atoms with Crippen LogP contribution in [0.15, 0.2) is 48.5 Å². The van der Waals surface area contributed by atoms with Gasteiger partial charge < -0.3 is 10.2 Å². The molecule has 2 amide bonds.